The molecule has 3 heteroatoms. The first-order valence-corrected chi connectivity index (χ1v) is 12.9. The number of Topliss-reactive ketones (excluding diaryl/α,β-unsaturated/α-hetero) is 1. The maximum absolute atomic E-state index is 15.2. The highest BCUT2D eigenvalue weighted by Crippen LogP contribution is 2.60. The number of ketones is 1. The summed E-state index contributed by atoms with van der Waals surface area (Å²) in [5.74, 6) is 4.34. The zero-order valence-corrected chi connectivity index (χ0v) is 19.2. The first kappa shape index (κ1) is 20.2. The first-order chi connectivity index (χ1) is 14.9. The molecule has 1 aromatic rings. The summed E-state index contributed by atoms with van der Waals surface area (Å²) in [6.45, 7) is 5.11. The van der Waals surface area contributed by atoms with Crippen LogP contribution in [0.1, 0.15) is 99.9 Å². The van der Waals surface area contributed by atoms with Gasteiger partial charge in [0.25, 0.3) is 0 Å². The molecule has 0 amide bonds. The Labute approximate surface area is 186 Å². The number of rotatable bonds is 6. The van der Waals surface area contributed by atoms with Gasteiger partial charge in [-0.3, -0.25) is 4.79 Å². The van der Waals surface area contributed by atoms with Gasteiger partial charge in [0.2, 0.25) is 0 Å². The maximum atomic E-state index is 15.2. The highest BCUT2D eigenvalue weighted by Gasteiger charge is 2.51. The summed E-state index contributed by atoms with van der Waals surface area (Å²) in [6.07, 6.45) is 12.4. The van der Waals surface area contributed by atoms with E-state index in [0.29, 0.717) is 28.7 Å². The third-order valence-corrected chi connectivity index (χ3v) is 9.88. The molecule has 0 saturated heterocycles. The van der Waals surface area contributed by atoms with Crippen LogP contribution in [0.5, 0.6) is 5.75 Å². The van der Waals surface area contributed by atoms with Crippen LogP contribution in [0.3, 0.4) is 0 Å². The second kappa shape index (κ2) is 7.32. The Kier molecular flexibility index (Phi) is 4.78. The van der Waals surface area contributed by atoms with Crippen molar-refractivity contribution in [3.8, 4) is 5.75 Å². The Bertz CT molecular complexity index is 850. The lowest BCUT2D eigenvalue weighted by molar-refractivity contribution is -0.0747. The number of carbonyl (C=O) groups excluding carboxylic acids is 1. The number of carbonyl (C=O) groups is 1. The summed E-state index contributed by atoms with van der Waals surface area (Å²) < 4.78 is 21.7. The minimum Gasteiger partial charge on any atom is -0.493 e. The van der Waals surface area contributed by atoms with Crippen molar-refractivity contribution in [1.29, 1.82) is 0 Å². The molecule has 0 aromatic heterocycles. The normalized spacial score (nSPS) is 41.0. The molecule has 0 spiro atoms. The highest BCUT2D eigenvalue weighted by molar-refractivity contribution is 5.99. The summed E-state index contributed by atoms with van der Waals surface area (Å²) >= 11 is 0. The third-order valence-electron chi connectivity index (χ3n) is 9.88. The molecular formula is C28H37FO2. The van der Waals surface area contributed by atoms with Gasteiger partial charge < -0.3 is 4.74 Å². The van der Waals surface area contributed by atoms with Crippen LogP contribution >= 0.6 is 0 Å². The lowest BCUT2D eigenvalue weighted by atomic mass is 9.50. The van der Waals surface area contributed by atoms with Gasteiger partial charge in [-0.2, -0.15) is 0 Å². The number of halogens is 1. The van der Waals surface area contributed by atoms with E-state index in [1.807, 2.05) is 6.07 Å². The van der Waals surface area contributed by atoms with Crippen molar-refractivity contribution in [2.24, 2.45) is 40.9 Å². The van der Waals surface area contributed by atoms with E-state index in [-0.39, 0.29) is 17.5 Å². The van der Waals surface area contributed by atoms with Crippen molar-refractivity contribution in [3.63, 3.8) is 0 Å². The second-order valence-electron chi connectivity index (χ2n) is 12.2. The van der Waals surface area contributed by atoms with Crippen molar-refractivity contribution in [1.82, 2.24) is 0 Å². The van der Waals surface area contributed by atoms with Gasteiger partial charge in [0.05, 0.1) is 12.2 Å². The van der Waals surface area contributed by atoms with Crippen LogP contribution in [0.15, 0.2) is 12.1 Å². The van der Waals surface area contributed by atoms with Crippen LogP contribution in [0.25, 0.3) is 0 Å². The molecule has 0 heterocycles. The smallest absolute Gasteiger partial charge is 0.169 e. The molecule has 2 nitrogen and oxygen atoms in total. The van der Waals surface area contributed by atoms with Crippen molar-refractivity contribution in [3.05, 3.63) is 29.1 Å². The lowest BCUT2D eigenvalue weighted by Crippen LogP contribution is -2.48. The Hall–Kier alpha value is -1.38. The molecule has 168 valence electrons. The zero-order chi connectivity index (χ0) is 21.3. The van der Waals surface area contributed by atoms with Gasteiger partial charge in [-0.1, -0.05) is 13.8 Å². The van der Waals surface area contributed by atoms with Gasteiger partial charge in [0.1, 0.15) is 11.6 Å². The van der Waals surface area contributed by atoms with Gasteiger partial charge >= 0.3 is 0 Å². The number of hydrogen-bond acceptors (Lipinski definition) is 2. The van der Waals surface area contributed by atoms with Gasteiger partial charge in [-0.25, -0.2) is 4.39 Å². The predicted octanol–water partition coefficient (Wildman–Crippen LogP) is 7.16. The van der Waals surface area contributed by atoms with Crippen molar-refractivity contribution < 1.29 is 13.9 Å². The van der Waals surface area contributed by atoms with Crippen molar-refractivity contribution in [2.45, 2.75) is 84.0 Å². The van der Waals surface area contributed by atoms with Crippen LogP contribution in [0, 0.1) is 46.7 Å². The molecule has 0 unspecified atom stereocenters. The average molecular weight is 425 g/mol. The Morgan fingerprint density at radius 3 is 2.19 bits per heavy atom. The summed E-state index contributed by atoms with van der Waals surface area (Å²) in [4.78, 5) is 13.2. The van der Waals surface area contributed by atoms with Gasteiger partial charge in [-0.15, -0.1) is 0 Å². The first-order valence-electron chi connectivity index (χ1n) is 12.9. The van der Waals surface area contributed by atoms with Crippen LogP contribution in [0.2, 0.25) is 0 Å². The van der Waals surface area contributed by atoms with E-state index in [9.17, 15) is 4.79 Å². The predicted molar refractivity (Wildman–Crippen MR) is 120 cm³/mol. The van der Waals surface area contributed by atoms with Gasteiger partial charge in [0, 0.05) is 17.4 Å². The van der Waals surface area contributed by atoms with E-state index in [0.717, 1.165) is 61.4 Å². The fourth-order valence-corrected chi connectivity index (χ4v) is 8.23. The largest absolute Gasteiger partial charge is 0.493 e. The van der Waals surface area contributed by atoms with E-state index in [4.69, 9.17) is 4.74 Å². The molecule has 3 atom stereocenters. The molecule has 4 bridgehead atoms. The average Bonchev–Trinajstić information content (AvgIpc) is 3.51. The minimum absolute atomic E-state index is 0.0175. The summed E-state index contributed by atoms with van der Waals surface area (Å²) in [5.41, 5.74) is 1.72. The van der Waals surface area contributed by atoms with Crippen LogP contribution in [-0.2, 0) is 0 Å². The molecule has 0 aliphatic heterocycles. The fraction of sp³-hybridized carbons (Fsp3) is 0.750. The molecular weight excluding hydrogens is 387 g/mol. The lowest BCUT2D eigenvalue weighted by Gasteiger charge is -2.56. The van der Waals surface area contributed by atoms with E-state index in [1.54, 1.807) is 6.07 Å². The molecule has 6 aliphatic rings. The molecule has 6 fully saturated rings. The number of hydrogen-bond donors (Lipinski definition) is 0. The van der Waals surface area contributed by atoms with Crippen LogP contribution in [-0.4, -0.2) is 12.4 Å². The van der Waals surface area contributed by atoms with Gasteiger partial charge in [-0.05, 0) is 111 Å². The molecule has 1 aromatic carbocycles. The van der Waals surface area contributed by atoms with Crippen molar-refractivity contribution in [2.75, 3.05) is 6.61 Å². The van der Waals surface area contributed by atoms with E-state index in [1.165, 1.54) is 38.5 Å². The highest BCUT2D eigenvalue weighted by atomic mass is 19.1. The van der Waals surface area contributed by atoms with Crippen LogP contribution in [0.4, 0.5) is 4.39 Å². The maximum Gasteiger partial charge on any atom is 0.169 e. The fourth-order valence-electron chi connectivity index (χ4n) is 8.23. The third kappa shape index (κ3) is 3.55. The SMILES string of the molecule is C[C@@H]1[C@@H](C)CC[C@H]1C(=O)c1cc(C2CC2)c(OCC23CC4CC(CC(C4)C2)C3)cc1F. The summed E-state index contributed by atoms with van der Waals surface area (Å²) in [7, 11) is 0. The molecule has 6 saturated carbocycles. The topological polar surface area (TPSA) is 26.3 Å². The molecule has 6 aliphatic carbocycles. The van der Waals surface area contributed by atoms with E-state index >= 15 is 4.39 Å². The molecule has 0 radical (unpaired) electrons. The zero-order valence-electron chi connectivity index (χ0n) is 19.2. The number of benzene rings is 1. The molecule has 0 N–H and O–H groups in total. The number of ether oxygens (including phenoxy) is 1. The summed E-state index contributed by atoms with van der Waals surface area (Å²) in [6, 6.07) is 3.44. The van der Waals surface area contributed by atoms with E-state index < -0.39 is 0 Å². The Morgan fingerprint density at radius 1 is 1.00 bits per heavy atom. The molecule has 7 rings (SSSR count). The summed E-state index contributed by atoms with van der Waals surface area (Å²) in [5, 5.41) is 0. The Morgan fingerprint density at radius 2 is 1.65 bits per heavy atom. The Balaban J connectivity index is 1.24. The van der Waals surface area contributed by atoms with Crippen LogP contribution < -0.4 is 4.74 Å². The minimum atomic E-state index is -0.373. The molecule has 31 heavy (non-hydrogen) atoms. The van der Waals surface area contributed by atoms with Crippen molar-refractivity contribution >= 4 is 5.78 Å². The van der Waals surface area contributed by atoms with Gasteiger partial charge in [0.15, 0.2) is 5.78 Å². The van der Waals surface area contributed by atoms with E-state index in [2.05, 4.69) is 13.8 Å². The quantitative estimate of drug-likeness (QED) is 0.453. The second-order valence-corrected chi connectivity index (χ2v) is 12.2. The monoisotopic (exact) mass is 424 g/mol. The standard InChI is InChI=1S/C28H37FO2/c1-16-3-6-22(17(16)2)27(30)24-10-23(21-4-5-21)26(11-25(24)29)31-15-28-12-18-7-19(13-28)9-20(8-18)14-28/h10-11,16-22H,3-9,12-15H2,1-2H3/t16-,17+,18?,19?,20?,22+,28?/m0/s1.